The normalized spacial score (nSPS) is 10.2. The van der Waals surface area contributed by atoms with E-state index in [9.17, 15) is 0 Å². The summed E-state index contributed by atoms with van der Waals surface area (Å²) in [5.74, 6) is 2.31. The number of aromatic nitrogens is 2. The number of anilines is 2. The van der Waals surface area contributed by atoms with Gasteiger partial charge in [-0.05, 0) is 36.4 Å². The molecule has 3 aromatic rings. The van der Waals surface area contributed by atoms with Crippen LogP contribution in [-0.4, -0.2) is 24.2 Å². The number of nitrogens with zero attached hydrogens (tertiary/aromatic N) is 2. The average Bonchev–Trinajstić information content (AvgIpc) is 2.62. The van der Waals surface area contributed by atoms with Gasteiger partial charge < -0.3 is 14.8 Å². The molecule has 0 radical (unpaired) electrons. The van der Waals surface area contributed by atoms with Gasteiger partial charge in [0.2, 0.25) is 0 Å². The Morgan fingerprint density at radius 2 is 1.65 bits per heavy atom. The predicted octanol–water partition coefficient (Wildman–Crippen LogP) is 3.90. The first-order valence-electron chi connectivity index (χ1n) is 7.16. The standard InChI is InChI=1S/C18H17N3O2/c1-22-14-9-7-13(8-10-14)21-18-11-16(19-12-20-18)15-5-3-4-6-17(15)23-2/h3-12H,1-2H3,(H,19,20,21). The van der Waals surface area contributed by atoms with E-state index in [4.69, 9.17) is 9.47 Å². The second-order valence-corrected chi connectivity index (χ2v) is 4.84. The Bertz CT molecular complexity index is 788. The summed E-state index contributed by atoms with van der Waals surface area (Å²) in [6, 6.07) is 17.3. The minimum absolute atomic E-state index is 0.714. The molecular weight excluding hydrogens is 290 g/mol. The van der Waals surface area contributed by atoms with E-state index in [1.165, 1.54) is 6.33 Å². The van der Waals surface area contributed by atoms with Crippen LogP contribution in [0, 0.1) is 0 Å². The fourth-order valence-corrected chi connectivity index (χ4v) is 2.25. The molecule has 0 amide bonds. The molecule has 1 N–H and O–H groups in total. The Labute approximate surface area is 134 Å². The molecule has 0 spiro atoms. The Hall–Kier alpha value is -3.08. The summed E-state index contributed by atoms with van der Waals surface area (Å²) in [6.07, 6.45) is 1.54. The first-order chi connectivity index (χ1) is 11.3. The zero-order chi connectivity index (χ0) is 16.1. The summed E-state index contributed by atoms with van der Waals surface area (Å²) in [4.78, 5) is 8.60. The molecule has 1 heterocycles. The summed E-state index contributed by atoms with van der Waals surface area (Å²) in [5.41, 5.74) is 2.65. The molecule has 5 nitrogen and oxygen atoms in total. The lowest BCUT2D eigenvalue weighted by atomic mass is 10.1. The minimum atomic E-state index is 0.714. The van der Waals surface area contributed by atoms with Crippen LogP contribution >= 0.6 is 0 Å². The van der Waals surface area contributed by atoms with Gasteiger partial charge in [0.25, 0.3) is 0 Å². The van der Waals surface area contributed by atoms with Crippen molar-refractivity contribution in [2.45, 2.75) is 0 Å². The van der Waals surface area contributed by atoms with Crippen molar-refractivity contribution in [2.24, 2.45) is 0 Å². The zero-order valence-electron chi connectivity index (χ0n) is 13.0. The number of rotatable bonds is 5. The molecule has 1 aromatic heterocycles. The van der Waals surface area contributed by atoms with Crippen molar-refractivity contribution >= 4 is 11.5 Å². The average molecular weight is 307 g/mol. The number of ether oxygens (including phenoxy) is 2. The maximum absolute atomic E-state index is 5.39. The van der Waals surface area contributed by atoms with E-state index in [2.05, 4.69) is 15.3 Å². The summed E-state index contributed by atoms with van der Waals surface area (Å²) < 4.78 is 10.5. The third-order valence-corrected chi connectivity index (χ3v) is 3.41. The zero-order valence-corrected chi connectivity index (χ0v) is 13.0. The van der Waals surface area contributed by atoms with Gasteiger partial charge in [0.1, 0.15) is 23.6 Å². The van der Waals surface area contributed by atoms with Crippen molar-refractivity contribution < 1.29 is 9.47 Å². The molecule has 0 aliphatic heterocycles. The molecule has 23 heavy (non-hydrogen) atoms. The van der Waals surface area contributed by atoms with Crippen LogP contribution in [0.4, 0.5) is 11.5 Å². The molecule has 2 aromatic carbocycles. The van der Waals surface area contributed by atoms with Crippen LogP contribution < -0.4 is 14.8 Å². The van der Waals surface area contributed by atoms with Gasteiger partial charge in [-0.25, -0.2) is 9.97 Å². The molecule has 0 bridgehead atoms. The van der Waals surface area contributed by atoms with Crippen LogP contribution in [0.1, 0.15) is 0 Å². The van der Waals surface area contributed by atoms with E-state index < -0.39 is 0 Å². The van der Waals surface area contributed by atoms with Gasteiger partial charge in [0.05, 0.1) is 19.9 Å². The summed E-state index contributed by atoms with van der Waals surface area (Å²) in [6.45, 7) is 0. The van der Waals surface area contributed by atoms with Gasteiger partial charge in [0, 0.05) is 17.3 Å². The van der Waals surface area contributed by atoms with Crippen LogP contribution in [0.2, 0.25) is 0 Å². The smallest absolute Gasteiger partial charge is 0.134 e. The van der Waals surface area contributed by atoms with E-state index in [-0.39, 0.29) is 0 Å². The fourth-order valence-electron chi connectivity index (χ4n) is 2.25. The first kappa shape index (κ1) is 14.8. The molecule has 0 aliphatic carbocycles. The second kappa shape index (κ2) is 6.79. The van der Waals surface area contributed by atoms with Crippen LogP contribution in [0.25, 0.3) is 11.3 Å². The molecule has 0 aliphatic rings. The van der Waals surface area contributed by atoms with E-state index in [1.807, 2.05) is 54.6 Å². The predicted molar refractivity (Wildman–Crippen MR) is 90.3 cm³/mol. The fraction of sp³-hybridized carbons (Fsp3) is 0.111. The highest BCUT2D eigenvalue weighted by Crippen LogP contribution is 2.29. The maximum atomic E-state index is 5.39. The first-order valence-corrected chi connectivity index (χ1v) is 7.16. The van der Waals surface area contributed by atoms with Crippen molar-refractivity contribution in [2.75, 3.05) is 19.5 Å². The highest BCUT2D eigenvalue weighted by molar-refractivity contribution is 5.70. The molecule has 0 atom stereocenters. The number of hydrogen-bond acceptors (Lipinski definition) is 5. The Balaban J connectivity index is 1.87. The van der Waals surface area contributed by atoms with E-state index in [0.717, 1.165) is 28.4 Å². The van der Waals surface area contributed by atoms with E-state index in [1.54, 1.807) is 14.2 Å². The summed E-state index contributed by atoms with van der Waals surface area (Å²) in [7, 11) is 3.29. The molecule has 5 heteroatoms. The van der Waals surface area contributed by atoms with Crippen molar-refractivity contribution in [1.82, 2.24) is 9.97 Å². The van der Waals surface area contributed by atoms with Crippen molar-refractivity contribution in [3.63, 3.8) is 0 Å². The monoisotopic (exact) mass is 307 g/mol. The lowest BCUT2D eigenvalue weighted by molar-refractivity contribution is 0.415. The highest BCUT2D eigenvalue weighted by Gasteiger charge is 2.07. The SMILES string of the molecule is COc1ccc(Nc2cc(-c3ccccc3OC)ncn2)cc1. The van der Waals surface area contributed by atoms with Gasteiger partial charge >= 0.3 is 0 Å². The number of para-hydroxylation sites is 1. The van der Waals surface area contributed by atoms with Gasteiger partial charge in [-0.2, -0.15) is 0 Å². The van der Waals surface area contributed by atoms with Gasteiger partial charge in [-0.1, -0.05) is 12.1 Å². The Kier molecular flexibility index (Phi) is 4.38. The van der Waals surface area contributed by atoms with E-state index >= 15 is 0 Å². The van der Waals surface area contributed by atoms with Crippen molar-refractivity contribution in [1.29, 1.82) is 0 Å². The molecule has 0 unspecified atom stereocenters. The number of nitrogens with one attached hydrogen (secondary N) is 1. The quantitative estimate of drug-likeness (QED) is 0.774. The summed E-state index contributed by atoms with van der Waals surface area (Å²) in [5, 5.41) is 3.26. The summed E-state index contributed by atoms with van der Waals surface area (Å²) >= 11 is 0. The van der Waals surface area contributed by atoms with Crippen molar-refractivity contribution in [3.8, 4) is 22.8 Å². The Morgan fingerprint density at radius 3 is 2.39 bits per heavy atom. The van der Waals surface area contributed by atoms with Crippen LogP contribution in [0.5, 0.6) is 11.5 Å². The lowest BCUT2D eigenvalue weighted by Crippen LogP contribution is -1.96. The van der Waals surface area contributed by atoms with Gasteiger partial charge in [-0.3, -0.25) is 0 Å². The number of hydrogen-bond donors (Lipinski definition) is 1. The number of methoxy groups -OCH3 is 2. The third-order valence-electron chi connectivity index (χ3n) is 3.41. The lowest BCUT2D eigenvalue weighted by Gasteiger charge is -2.10. The Morgan fingerprint density at radius 1 is 0.870 bits per heavy atom. The molecule has 3 rings (SSSR count). The molecule has 0 saturated carbocycles. The third kappa shape index (κ3) is 3.40. The molecule has 116 valence electrons. The molecule has 0 fully saturated rings. The maximum Gasteiger partial charge on any atom is 0.134 e. The number of benzene rings is 2. The van der Waals surface area contributed by atoms with Crippen LogP contribution in [0.3, 0.4) is 0 Å². The van der Waals surface area contributed by atoms with E-state index in [0.29, 0.717) is 5.82 Å². The largest absolute Gasteiger partial charge is 0.497 e. The highest BCUT2D eigenvalue weighted by atomic mass is 16.5. The topological polar surface area (TPSA) is 56.3 Å². The van der Waals surface area contributed by atoms with Gasteiger partial charge in [0.15, 0.2) is 0 Å². The molecular formula is C18H17N3O2. The van der Waals surface area contributed by atoms with Crippen LogP contribution in [-0.2, 0) is 0 Å². The molecule has 0 saturated heterocycles. The second-order valence-electron chi connectivity index (χ2n) is 4.84. The minimum Gasteiger partial charge on any atom is -0.497 e. The van der Waals surface area contributed by atoms with Crippen molar-refractivity contribution in [3.05, 3.63) is 60.9 Å². The van der Waals surface area contributed by atoms with Crippen LogP contribution in [0.15, 0.2) is 60.9 Å². The van der Waals surface area contributed by atoms with Gasteiger partial charge in [-0.15, -0.1) is 0 Å².